The Hall–Kier alpha value is 0.200. The second kappa shape index (κ2) is 5.93. The van der Waals surface area contributed by atoms with Crippen molar-refractivity contribution >= 4 is 28.5 Å². The van der Waals surface area contributed by atoms with Crippen LogP contribution >= 0.6 is 22.6 Å². The van der Waals surface area contributed by atoms with Crippen LogP contribution in [0.2, 0.25) is 0 Å². The number of hydrogen-bond acceptors (Lipinski definition) is 1. The largest absolute Gasteiger partial charge is 0.344 e. The lowest BCUT2D eigenvalue weighted by atomic mass is 9.92. The lowest BCUT2D eigenvalue weighted by Gasteiger charge is -2.23. The molecule has 0 aromatic carbocycles. The third kappa shape index (κ3) is 8.78. The van der Waals surface area contributed by atoms with Crippen molar-refractivity contribution in [3.05, 3.63) is 0 Å². The molecule has 0 spiro atoms. The van der Waals surface area contributed by atoms with Gasteiger partial charge >= 0.3 is 0 Å². The second-order valence-electron chi connectivity index (χ2n) is 5.40. The minimum Gasteiger partial charge on any atom is -0.344 e. The van der Waals surface area contributed by atoms with E-state index in [2.05, 4.69) is 62.5 Å². The standard InChI is InChI=1S/C11H22INO/c1-8(2)6-10(14)13-9(12)7-11(3,4)5/h8-9H,6-7H2,1-5H3,(H,13,14)/t9-/m0/s1. The van der Waals surface area contributed by atoms with E-state index in [1.165, 1.54) is 0 Å². The molecule has 1 atom stereocenters. The first-order chi connectivity index (χ1) is 6.20. The predicted octanol–water partition coefficient (Wildman–Crippen LogP) is 3.35. The van der Waals surface area contributed by atoms with E-state index >= 15 is 0 Å². The Bertz CT molecular complexity index is 184. The summed E-state index contributed by atoms with van der Waals surface area (Å²) >= 11 is 2.30. The molecule has 0 aliphatic rings. The van der Waals surface area contributed by atoms with Crippen molar-refractivity contribution in [2.75, 3.05) is 0 Å². The van der Waals surface area contributed by atoms with E-state index in [1.807, 2.05) is 0 Å². The normalized spacial score (nSPS) is 14.2. The molecule has 0 fully saturated rings. The molecule has 0 aromatic rings. The molecule has 3 heteroatoms. The van der Waals surface area contributed by atoms with E-state index in [9.17, 15) is 4.79 Å². The lowest BCUT2D eigenvalue weighted by molar-refractivity contribution is -0.121. The fourth-order valence-electron chi connectivity index (χ4n) is 1.19. The molecule has 14 heavy (non-hydrogen) atoms. The van der Waals surface area contributed by atoms with Gasteiger partial charge < -0.3 is 5.32 Å². The Morgan fingerprint density at radius 2 is 1.86 bits per heavy atom. The highest BCUT2D eigenvalue weighted by molar-refractivity contribution is 14.1. The number of halogens is 1. The average Bonchev–Trinajstić information content (AvgIpc) is 1.77. The Morgan fingerprint density at radius 1 is 1.36 bits per heavy atom. The third-order valence-electron chi connectivity index (χ3n) is 1.70. The van der Waals surface area contributed by atoms with Crippen LogP contribution in [0.15, 0.2) is 0 Å². The lowest BCUT2D eigenvalue weighted by Crippen LogP contribution is -2.33. The van der Waals surface area contributed by atoms with Gasteiger partial charge in [-0.15, -0.1) is 0 Å². The first-order valence-corrected chi connectivity index (χ1v) is 6.38. The van der Waals surface area contributed by atoms with Gasteiger partial charge in [0.2, 0.25) is 5.91 Å². The van der Waals surface area contributed by atoms with E-state index in [0.717, 1.165) is 6.42 Å². The van der Waals surface area contributed by atoms with Crippen LogP contribution in [0.4, 0.5) is 0 Å². The van der Waals surface area contributed by atoms with E-state index in [-0.39, 0.29) is 15.4 Å². The first kappa shape index (κ1) is 14.2. The number of carbonyl (C=O) groups excluding carboxylic acids is 1. The summed E-state index contributed by atoms with van der Waals surface area (Å²) < 4.78 is 0.249. The van der Waals surface area contributed by atoms with E-state index in [1.54, 1.807) is 0 Å². The van der Waals surface area contributed by atoms with E-state index in [0.29, 0.717) is 12.3 Å². The van der Waals surface area contributed by atoms with Gasteiger partial charge in [0.25, 0.3) is 0 Å². The highest BCUT2D eigenvalue weighted by Crippen LogP contribution is 2.23. The van der Waals surface area contributed by atoms with Gasteiger partial charge in [-0.05, 0) is 17.8 Å². The summed E-state index contributed by atoms with van der Waals surface area (Å²) in [6.07, 6.45) is 1.64. The molecule has 0 rings (SSSR count). The smallest absolute Gasteiger partial charge is 0.221 e. The zero-order valence-corrected chi connectivity index (χ0v) is 12.0. The summed E-state index contributed by atoms with van der Waals surface area (Å²) in [6.45, 7) is 10.7. The third-order valence-corrected chi connectivity index (χ3v) is 2.45. The molecule has 0 unspecified atom stereocenters. The van der Waals surface area contributed by atoms with Crippen LogP contribution in [0, 0.1) is 11.3 Å². The Morgan fingerprint density at radius 3 is 2.21 bits per heavy atom. The van der Waals surface area contributed by atoms with Crippen molar-refractivity contribution in [3.63, 3.8) is 0 Å². The fourth-order valence-corrected chi connectivity index (χ4v) is 2.86. The number of carbonyl (C=O) groups is 1. The summed E-state index contributed by atoms with van der Waals surface area (Å²) in [5.74, 6) is 0.608. The molecule has 0 saturated carbocycles. The summed E-state index contributed by atoms with van der Waals surface area (Å²) in [6, 6.07) is 0. The summed E-state index contributed by atoms with van der Waals surface area (Å²) in [7, 11) is 0. The minimum atomic E-state index is 0.170. The molecular formula is C11H22INO. The van der Waals surface area contributed by atoms with Crippen molar-refractivity contribution in [1.82, 2.24) is 5.32 Å². The monoisotopic (exact) mass is 311 g/mol. The molecule has 0 radical (unpaired) electrons. The molecule has 1 N–H and O–H groups in total. The molecule has 2 nitrogen and oxygen atoms in total. The van der Waals surface area contributed by atoms with Gasteiger partial charge in [0.05, 0.1) is 4.05 Å². The average molecular weight is 311 g/mol. The maximum absolute atomic E-state index is 11.4. The molecule has 0 heterocycles. The van der Waals surface area contributed by atoms with Gasteiger partial charge in [0.1, 0.15) is 0 Å². The van der Waals surface area contributed by atoms with Gasteiger partial charge in [-0.1, -0.05) is 57.2 Å². The van der Waals surface area contributed by atoms with Crippen molar-refractivity contribution in [1.29, 1.82) is 0 Å². The summed E-state index contributed by atoms with van der Waals surface area (Å²) in [5.41, 5.74) is 0.275. The van der Waals surface area contributed by atoms with Crippen LogP contribution in [0.25, 0.3) is 0 Å². The quantitative estimate of drug-likeness (QED) is 0.481. The maximum Gasteiger partial charge on any atom is 0.221 e. The highest BCUT2D eigenvalue weighted by atomic mass is 127. The molecular weight excluding hydrogens is 289 g/mol. The van der Waals surface area contributed by atoms with Crippen LogP contribution in [0.3, 0.4) is 0 Å². The Balaban J connectivity index is 3.83. The van der Waals surface area contributed by atoms with Gasteiger partial charge in [-0.2, -0.15) is 0 Å². The maximum atomic E-state index is 11.4. The van der Waals surface area contributed by atoms with Crippen molar-refractivity contribution < 1.29 is 4.79 Å². The highest BCUT2D eigenvalue weighted by Gasteiger charge is 2.18. The molecule has 0 saturated heterocycles. The van der Waals surface area contributed by atoms with Crippen LogP contribution in [0.1, 0.15) is 47.5 Å². The number of alkyl halides is 1. The van der Waals surface area contributed by atoms with Crippen LogP contribution < -0.4 is 5.32 Å². The van der Waals surface area contributed by atoms with Crippen LogP contribution in [-0.2, 0) is 4.79 Å². The zero-order valence-electron chi connectivity index (χ0n) is 9.86. The molecule has 0 aromatic heterocycles. The first-order valence-electron chi connectivity index (χ1n) is 5.14. The van der Waals surface area contributed by atoms with Crippen molar-refractivity contribution in [2.45, 2.75) is 51.5 Å². The van der Waals surface area contributed by atoms with E-state index in [4.69, 9.17) is 0 Å². The van der Waals surface area contributed by atoms with Gasteiger partial charge in [-0.25, -0.2) is 0 Å². The topological polar surface area (TPSA) is 29.1 Å². The molecule has 0 aliphatic heterocycles. The van der Waals surface area contributed by atoms with Crippen molar-refractivity contribution in [3.8, 4) is 0 Å². The summed E-state index contributed by atoms with van der Waals surface area (Å²) in [5, 5.41) is 3.02. The van der Waals surface area contributed by atoms with Gasteiger partial charge in [0.15, 0.2) is 0 Å². The molecule has 0 aliphatic carbocycles. The van der Waals surface area contributed by atoms with Crippen LogP contribution in [-0.4, -0.2) is 9.96 Å². The summed E-state index contributed by atoms with van der Waals surface area (Å²) in [4.78, 5) is 11.4. The number of rotatable bonds is 4. The number of nitrogens with one attached hydrogen (secondary N) is 1. The van der Waals surface area contributed by atoms with Gasteiger partial charge in [-0.3, -0.25) is 4.79 Å². The minimum absolute atomic E-state index is 0.170. The molecule has 1 amide bonds. The van der Waals surface area contributed by atoms with Crippen molar-refractivity contribution in [2.24, 2.45) is 11.3 Å². The second-order valence-corrected chi connectivity index (χ2v) is 6.90. The van der Waals surface area contributed by atoms with Crippen LogP contribution in [0.5, 0.6) is 0 Å². The number of amides is 1. The molecule has 84 valence electrons. The molecule has 0 bridgehead atoms. The Kier molecular flexibility index (Phi) is 6.02. The Labute approximate surface area is 101 Å². The zero-order chi connectivity index (χ0) is 11.4. The number of hydrogen-bond donors (Lipinski definition) is 1. The van der Waals surface area contributed by atoms with Gasteiger partial charge in [0, 0.05) is 6.42 Å². The fraction of sp³-hybridized carbons (Fsp3) is 0.909. The SMILES string of the molecule is CC(C)CC(=O)N[C@H](I)CC(C)(C)C. The predicted molar refractivity (Wildman–Crippen MR) is 69.5 cm³/mol. The van der Waals surface area contributed by atoms with E-state index < -0.39 is 0 Å².